The third-order valence-corrected chi connectivity index (χ3v) is 6.11. The zero-order chi connectivity index (χ0) is 20.1. The third-order valence-electron chi connectivity index (χ3n) is 6.11. The molecule has 152 valence electrons. The lowest BCUT2D eigenvalue weighted by molar-refractivity contribution is 0.0958. The van der Waals surface area contributed by atoms with Gasteiger partial charge in [-0.25, -0.2) is 0 Å². The van der Waals surface area contributed by atoms with Crippen LogP contribution in [0.4, 0.5) is 5.95 Å². The molecule has 1 saturated carbocycles. The summed E-state index contributed by atoms with van der Waals surface area (Å²) < 4.78 is 0. The third kappa shape index (κ3) is 4.26. The zero-order valence-electron chi connectivity index (χ0n) is 17.2. The van der Waals surface area contributed by atoms with Gasteiger partial charge in [-0.15, -0.1) is 0 Å². The molecule has 0 aliphatic heterocycles. The molecule has 1 fully saturated rings. The lowest BCUT2D eigenvalue weighted by Crippen LogP contribution is -2.45. The Hall–Kier alpha value is -2.89. The van der Waals surface area contributed by atoms with Crippen molar-refractivity contribution in [2.24, 2.45) is 5.92 Å². The average Bonchev–Trinajstić information content (AvgIpc) is 3.27. The molecular formula is C23H29N5O. The molecule has 0 amide bonds. The van der Waals surface area contributed by atoms with Crippen LogP contribution in [0.2, 0.25) is 0 Å². The van der Waals surface area contributed by atoms with E-state index in [0.717, 1.165) is 13.0 Å². The fraction of sp³-hybridized carbons (Fsp3) is 0.435. The van der Waals surface area contributed by atoms with Crippen LogP contribution < -0.4 is 9.74 Å². The molecule has 0 N–H and O–H groups in total. The monoisotopic (exact) mass is 391 g/mol. The fourth-order valence-corrected chi connectivity index (χ4v) is 4.74. The molecule has 1 aromatic heterocycles. The number of hydrogen-bond donors (Lipinski definition) is 0. The first-order chi connectivity index (χ1) is 14.3. The van der Waals surface area contributed by atoms with Gasteiger partial charge >= 0.3 is 0 Å². The van der Waals surface area contributed by atoms with Crippen LogP contribution in [0.15, 0.2) is 60.7 Å². The fourth-order valence-electron chi connectivity index (χ4n) is 4.74. The van der Waals surface area contributed by atoms with Gasteiger partial charge in [-0.2, -0.15) is 0 Å². The minimum Gasteiger partial charge on any atom is -0.383 e. The Morgan fingerprint density at radius 3 is 2.41 bits per heavy atom. The van der Waals surface area contributed by atoms with Gasteiger partial charge in [0.05, 0.1) is 0 Å². The van der Waals surface area contributed by atoms with Crippen molar-refractivity contribution < 1.29 is 4.84 Å². The van der Waals surface area contributed by atoms with Gasteiger partial charge in [0, 0.05) is 23.5 Å². The maximum absolute atomic E-state index is 5.14. The maximum atomic E-state index is 5.14. The molecule has 1 aliphatic rings. The molecular weight excluding hydrogens is 362 g/mol. The Kier molecular flexibility index (Phi) is 6.08. The highest BCUT2D eigenvalue weighted by Crippen LogP contribution is 2.43. The summed E-state index contributed by atoms with van der Waals surface area (Å²) >= 11 is 0. The van der Waals surface area contributed by atoms with Gasteiger partial charge in [-0.05, 0) is 35.1 Å². The van der Waals surface area contributed by atoms with E-state index in [0.29, 0.717) is 23.8 Å². The molecule has 1 heterocycles. The SMILES string of the molecule is CC[C@H]1CCC[C@H](N(Cc2ccccc2)c2nnn(OC)n2)[C@@H]1c1ccccc1. The van der Waals surface area contributed by atoms with E-state index in [-0.39, 0.29) is 0 Å². The summed E-state index contributed by atoms with van der Waals surface area (Å²) in [5.41, 5.74) is 2.65. The lowest BCUT2D eigenvalue weighted by Gasteiger charge is -2.44. The second kappa shape index (κ2) is 9.07. The number of aromatic nitrogens is 4. The summed E-state index contributed by atoms with van der Waals surface area (Å²) in [6.45, 7) is 3.06. The molecule has 0 saturated heterocycles. The van der Waals surface area contributed by atoms with Crippen molar-refractivity contribution >= 4 is 5.95 Å². The summed E-state index contributed by atoms with van der Waals surface area (Å²) in [5.74, 6) is 1.71. The first-order valence-corrected chi connectivity index (χ1v) is 10.5. The van der Waals surface area contributed by atoms with E-state index in [2.05, 4.69) is 81.8 Å². The number of rotatable bonds is 7. The van der Waals surface area contributed by atoms with Crippen LogP contribution in [-0.2, 0) is 6.54 Å². The van der Waals surface area contributed by atoms with Crippen molar-refractivity contribution in [3.63, 3.8) is 0 Å². The standard InChI is InChI=1S/C23H29N5O/c1-3-19-15-10-16-21(22(19)20-13-8-5-9-14-20)27(17-18-11-6-4-7-12-18)23-24-26-28(25-23)29-2/h4-9,11-14,19,21-22H,3,10,15-17H2,1-2H3/t19-,21-,22-/m0/s1. The van der Waals surface area contributed by atoms with Crippen molar-refractivity contribution in [1.82, 2.24) is 20.4 Å². The number of hydrogen-bond acceptors (Lipinski definition) is 5. The number of anilines is 1. The summed E-state index contributed by atoms with van der Waals surface area (Å²) in [5, 5.41) is 12.8. The van der Waals surface area contributed by atoms with Gasteiger partial charge in [0.2, 0.25) is 0 Å². The van der Waals surface area contributed by atoms with Crippen molar-refractivity contribution in [1.29, 1.82) is 0 Å². The summed E-state index contributed by atoms with van der Waals surface area (Å²) in [4.78, 5) is 8.66. The Bertz CT molecular complexity index is 883. The highest BCUT2D eigenvalue weighted by molar-refractivity contribution is 5.36. The second-order valence-corrected chi connectivity index (χ2v) is 7.74. The number of nitrogens with zero attached hydrogens (tertiary/aromatic N) is 5. The van der Waals surface area contributed by atoms with E-state index in [9.17, 15) is 0 Å². The molecule has 0 unspecified atom stereocenters. The van der Waals surface area contributed by atoms with Gasteiger partial charge in [0.1, 0.15) is 7.11 Å². The Balaban J connectivity index is 1.74. The molecule has 3 atom stereocenters. The largest absolute Gasteiger partial charge is 0.383 e. The zero-order valence-corrected chi connectivity index (χ0v) is 17.2. The van der Waals surface area contributed by atoms with Crippen LogP contribution >= 0.6 is 0 Å². The van der Waals surface area contributed by atoms with Crippen molar-refractivity contribution in [2.75, 3.05) is 12.0 Å². The summed E-state index contributed by atoms with van der Waals surface area (Å²) in [6.07, 6.45) is 4.78. The van der Waals surface area contributed by atoms with E-state index in [4.69, 9.17) is 4.84 Å². The van der Waals surface area contributed by atoms with Crippen LogP contribution in [0.5, 0.6) is 0 Å². The van der Waals surface area contributed by atoms with Crippen LogP contribution in [0.1, 0.15) is 49.7 Å². The Morgan fingerprint density at radius 2 is 1.76 bits per heavy atom. The van der Waals surface area contributed by atoms with Gasteiger partial charge < -0.3 is 9.74 Å². The van der Waals surface area contributed by atoms with E-state index < -0.39 is 0 Å². The predicted octanol–water partition coefficient (Wildman–Crippen LogP) is 4.10. The van der Waals surface area contributed by atoms with E-state index in [1.54, 1.807) is 7.11 Å². The van der Waals surface area contributed by atoms with Crippen molar-refractivity contribution in [3.8, 4) is 0 Å². The Morgan fingerprint density at radius 1 is 1.03 bits per heavy atom. The molecule has 4 rings (SSSR count). The minimum absolute atomic E-state index is 0.311. The van der Waals surface area contributed by atoms with Crippen molar-refractivity contribution in [3.05, 3.63) is 71.8 Å². The highest BCUT2D eigenvalue weighted by atomic mass is 16.7. The molecule has 6 heteroatoms. The van der Waals surface area contributed by atoms with Gasteiger partial charge in [-0.3, -0.25) is 0 Å². The smallest absolute Gasteiger partial charge is 0.270 e. The lowest BCUT2D eigenvalue weighted by atomic mass is 9.70. The van der Waals surface area contributed by atoms with Crippen LogP contribution in [-0.4, -0.2) is 33.5 Å². The van der Waals surface area contributed by atoms with Gasteiger partial charge in [0.15, 0.2) is 0 Å². The summed E-state index contributed by atoms with van der Waals surface area (Å²) in [6, 6.07) is 21.8. The first-order valence-electron chi connectivity index (χ1n) is 10.5. The van der Waals surface area contributed by atoms with Crippen LogP contribution in [0.25, 0.3) is 0 Å². The van der Waals surface area contributed by atoms with E-state index in [1.807, 2.05) is 6.07 Å². The molecule has 1 aliphatic carbocycles. The normalized spacial score (nSPS) is 21.7. The quantitative estimate of drug-likeness (QED) is 0.607. The highest BCUT2D eigenvalue weighted by Gasteiger charge is 2.38. The first kappa shape index (κ1) is 19.4. The average molecular weight is 392 g/mol. The topological polar surface area (TPSA) is 56.1 Å². The molecule has 6 nitrogen and oxygen atoms in total. The van der Waals surface area contributed by atoms with Crippen LogP contribution in [0.3, 0.4) is 0 Å². The molecule has 29 heavy (non-hydrogen) atoms. The number of tetrazole rings is 1. The molecule has 2 aromatic carbocycles. The number of benzene rings is 2. The Labute approximate surface area is 172 Å². The molecule has 0 bridgehead atoms. The predicted molar refractivity (Wildman–Crippen MR) is 114 cm³/mol. The molecule has 3 aromatic rings. The van der Waals surface area contributed by atoms with E-state index >= 15 is 0 Å². The van der Waals surface area contributed by atoms with Crippen molar-refractivity contribution in [2.45, 2.75) is 51.1 Å². The van der Waals surface area contributed by atoms with Gasteiger partial charge in [0.25, 0.3) is 5.95 Å². The van der Waals surface area contributed by atoms with Gasteiger partial charge in [-0.1, -0.05) is 90.6 Å². The minimum atomic E-state index is 0.311. The van der Waals surface area contributed by atoms with Crippen LogP contribution in [0, 0.1) is 5.92 Å². The molecule has 0 radical (unpaired) electrons. The maximum Gasteiger partial charge on any atom is 0.270 e. The summed E-state index contributed by atoms with van der Waals surface area (Å²) in [7, 11) is 1.55. The second-order valence-electron chi connectivity index (χ2n) is 7.74. The molecule has 0 spiro atoms. The van der Waals surface area contributed by atoms with E-state index in [1.165, 1.54) is 35.3 Å².